The van der Waals surface area contributed by atoms with Gasteiger partial charge in [0.25, 0.3) is 0 Å². The minimum Gasteiger partial charge on any atom is -0.384 e. The molecule has 0 aromatic heterocycles. The molecule has 0 bridgehead atoms. The molecule has 0 amide bonds. The fraction of sp³-hybridized carbons (Fsp3) is 1.00. The van der Waals surface area contributed by atoms with E-state index in [1.165, 1.54) is 45.3 Å². The molecule has 1 fully saturated rings. The molecule has 1 saturated heterocycles. The second-order valence-electron chi connectivity index (χ2n) is 6.21. The van der Waals surface area contributed by atoms with Gasteiger partial charge in [-0.25, -0.2) is 0 Å². The van der Waals surface area contributed by atoms with Crippen molar-refractivity contribution in [3.8, 4) is 0 Å². The maximum absolute atomic E-state index is 5.75. The molecule has 0 unspecified atom stereocenters. The van der Waals surface area contributed by atoms with Crippen LogP contribution in [0.5, 0.6) is 0 Å². The smallest absolute Gasteiger partial charge is 0.0491 e. The largest absolute Gasteiger partial charge is 0.384 e. The van der Waals surface area contributed by atoms with Crippen LogP contribution < -0.4 is 5.73 Å². The Bertz CT molecular complexity index is 198. The number of nitrogens with zero attached hydrogens (tertiary/aromatic N) is 1. The zero-order chi connectivity index (χ0) is 12.7. The van der Waals surface area contributed by atoms with Crippen molar-refractivity contribution >= 4 is 0 Å². The summed E-state index contributed by atoms with van der Waals surface area (Å²) in [6, 6.07) is 0. The van der Waals surface area contributed by atoms with Gasteiger partial charge in [-0.2, -0.15) is 0 Å². The number of piperidine rings is 1. The first-order valence-electron chi connectivity index (χ1n) is 6.99. The van der Waals surface area contributed by atoms with Gasteiger partial charge in [0.1, 0.15) is 0 Å². The van der Waals surface area contributed by atoms with Gasteiger partial charge in [0.15, 0.2) is 0 Å². The number of rotatable bonds is 7. The summed E-state index contributed by atoms with van der Waals surface area (Å²) >= 11 is 0. The molecule has 0 atom stereocenters. The van der Waals surface area contributed by atoms with Crippen LogP contribution in [0.25, 0.3) is 0 Å². The highest BCUT2D eigenvalue weighted by molar-refractivity contribution is 4.74. The summed E-state index contributed by atoms with van der Waals surface area (Å²) in [5, 5.41) is 0. The van der Waals surface area contributed by atoms with Crippen molar-refractivity contribution in [3.05, 3.63) is 0 Å². The van der Waals surface area contributed by atoms with Crippen LogP contribution in [0.15, 0.2) is 0 Å². The average Bonchev–Trinajstić information content (AvgIpc) is 2.32. The predicted molar refractivity (Wildman–Crippen MR) is 73.1 cm³/mol. The summed E-state index contributed by atoms with van der Waals surface area (Å²) in [5.41, 5.74) is 6.06. The summed E-state index contributed by atoms with van der Waals surface area (Å²) in [5.74, 6) is 0.789. The molecular formula is C14H30N2O. The van der Waals surface area contributed by atoms with Crippen LogP contribution in [0.4, 0.5) is 0 Å². The average molecular weight is 242 g/mol. The van der Waals surface area contributed by atoms with E-state index in [9.17, 15) is 0 Å². The first-order chi connectivity index (χ1) is 8.07. The number of methoxy groups -OCH3 is 1. The van der Waals surface area contributed by atoms with Gasteiger partial charge in [-0.15, -0.1) is 0 Å². The summed E-state index contributed by atoms with van der Waals surface area (Å²) < 4.78 is 5.22. The molecule has 3 nitrogen and oxygen atoms in total. The molecule has 0 aromatic rings. The number of hydrogen-bond acceptors (Lipinski definition) is 3. The van der Waals surface area contributed by atoms with Crippen LogP contribution in [0.3, 0.4) is 0 Å². The minimum atomic E-state index is 0.314. The number of ether oxygens (including phenoxy) is 1. The molecule has 0 radical (unpaired) electrons. The SMILES string of the molecule is COCC1CCN(CCCC(C)(C)CN)CC1. The lowest BCUT2D eigenvalue weighted by Gasteiger charge is -2.32. The highest BCUT2D eigenvalue weighted by Crippen LogP contribution is 2.22. The molecule has 2 N–H and O–H groups in total. The molecule has 1 aliphatic rings. The van der Waals surface area contributed by atoms with E-state index in [-0.39, 0.29) is 0 Å². The molecule has 0 aliphatic carbocycles. The van der Waals surface area contributed by atoms with Crippen molar-refractivity contribution in [2.45, 2.75) is 39.5 Å². The maximum Gasteiger partial charge on any atom is 0.0491 e. The van der Waals surface area contributed by atoms with Crippen molar-refractivity contribution in [3.63, 3.8) is 0 Å². The second kappa shape index (κ2) is 7.34. The van der Waals surface area contributed by atoms with Gasteiger partial charge in [0.2, 0.25) is 0 Å². The Morgan fingerprint density at radius 1 is 1.29 bits per heavy atom. The summed E-state index contributed by atoms with van der Waals surface area (Å²) in [4.78, 5) is 2.60. The molecule has 3 heteroatoms. The van der Waals surface area contributed by atoms with Crippen molar-refractivity contribution < 1.29 is 4.74 Å². The zero-order valence-corrected chi connectivity index (χ0v) is 11.9. The highest BCUT2D eigenvalue weighted by Gasteiger charge is 2.20. The first kappa shape index (κ1) is 14.9. The molecule has 1 heterocycles. The topological polar surface area (TPSA) is 38.5 Å². The van der Waals surface area contributed by atoms with E-state index in [0.717, 1.165) is 19.1 Å². The van der Waals surface area contributed by atoms with E-state index >= 15 is 0 Å². The van der Waals surface area contributed by atoms with Crippen molar-refractivity contribution in [1.29, 1.82) is 0 Å². The van der Waals surface area contributed by atoms with Crippen LogP contribution >= 0.6 is 0 Å². The maximum atomic E-state index is 5.75. The van der Waals surface area contributed by atoms with Gasteiger partial charge >= 0.3 is 0 Å². The van der Waals surface area contributed by atoms with Crippen molar-refractivity contribution in [1.82, 2.24) is 4.90 Å². The van der Waals surface area contributed by atoms with Gasteiger partial charge in [-0.1, -0.05) is 13.8 Å². The van der Waals surface area contributed by atoms with Crippen LogP contribution in [0.2, 0.25) is 0 Å². The van der Waals surface area contributed by atoms with E-state index < -0.39 is 0 Å². The summed E-state index contributed by atoms with van der Waals surface area (Å²) in [7, 11) is 1.81. The van der Waals surface area contributed by atoms with Gasteiger partial charge in [-0.3, -0.25) is 0 Å². The highest BCUT2D eigenvalue weighted by atomic mass is 16.5. The number of hydrogen-bond donors (Lipinski definition) is 1. The van der Waals surface area contributed by atoms with Crippen LogP contribution in [-0.4, -0.2) is 44.8 Å². The minimum absolute atomic E-state index is 0.314. The molecule has 0 aromatic carbocycles. The fourth-order valence-corrected chi connectivity index (χ4v) is 2.50. The molecule has 1 rings (SSSR count). The van der Waals surface area contributed by atoms with E-state index in [1.807, 2.05) is 0 Å². The Kier molecular flexibility index (Phi) is 6.45. The van der Waals surface area contributed by atoms with Gasteiger partial charge in [-0.05, 0) is 63.2 Å². The summed E-state index contributed by atoms with van der Waals surface area (Å²) in [6.45, 7) is 9.99. The Morgan fingerprint density at radius 3 is 2.47 bits per heavy atom. The molecule has 1 aliphatic heterocycles. The molecule has 17 heavy (non-hydrogen) atoms. The van der Waals surface area contributed by atoms with Crippen LogP contribution in [0.1, 0.15) is 39.5 Å². The first-order valence-corrected chi connectivity index (χ1v) is 6.99. The number of nitrogens with two attached hydrogens (primary N) is 1. The Morgan fingerprint density at radius 2 is 1.94 bits per heavy atom. The van der Waals surface area contributed by atoms with Crippen LogP contribution in [-0.2, 0) is 4.74 Å². The molecule has 0 spiro atoms. The van der Waals surface area contributed by atoms with Crippen molar-refractivity contribution in [2.24, 2.45) is 17.1 Å². The normalized spacial score (nSPS) is 19.8. The van der Waals surface area contributed by atoms with Crippen molar-refractivity contribution in [2.75, 3.05) is 39.9 Å². The lowest BCUT2D eigenvalue weighted by Crippen LogP contribution is -2.36. The van der Waals surface area contributed by atoms with Crippen LogP contribution in [0, 0.1) is 11.3 Å². The van der Waals surface area contributed by atoms with Gasteiger partial charge < -0.3 is 15.4 Å². The van der Waals surface area contributed by atoms with E-state index in [4.69, 9.17) is 10.5 Å². The van der Waals surface area contributed by atoms with Gasteiger partial charge in [0, 0.05) is 13.7 Å². The molecular weight excluding hydrogens is 212 g/mol. The van der Waals surface area contributed by atoms with E-state index in [0.29, 0.717) is 5.41 Å². The zero-order valence-electron chi connectivity index (χ0n) is 11.9. The lowest BCUT2D eigenvalue weighted by molar-refractivity contribution is 0.0974. The standard InChI is InChI=1S/C14H30N2O/c1-14(2,12-15)7-4-8-16-9-5-13(6-10-16)11-17-3/h13H,4-12,15H2,1-3H3. The predicted octanol–water partition coefficient (Wildman–Crippen LogP) is 2.11. The Balaban J connectivity index is 2.10. The lowest BCUT2D eigenvalue weighted by atomic mass is 9.88. The Hall–Kier alpha value is -0.120. The fourth-order valence-electron chi connectivity index (χ4n) is 2.50. The quantitative estimate of drug-likeness (QED) is 0.743. The van der Waals surface area contributed by atoms with E-state index in [2.05, 4.69) is 18.7 Å². The monoisotopic (exact) mass is 242 g/mol. The third kappa shape index (κ3) is 5.84. The third-order valence-corrected chi connectivity index (χ3v) is 3.99. The second-order valence-corrected chi connectivity index (χ2v) is 6.21. The number of likely N-dealkylation sites (tertiary alicyclic amines) is 1. The van der Waals surface area contributed by atoms with E-state index in [1.54, 1.807) is 7.11 Å². The van der Waals surface area contributed by atoms with Gasteiger partial charge in [0.05, 0.1) is 0 Å². The third-order valence-electron chi connectivity index (χ3n) is 3.99. The Labute approximate surface area is 107 Å². The molecule has 0 saturated carbocycles. The molecule has 102 valence electrons. The summed E-state index contributed by atoms with van der Waals surface area (Å²) in [6.07, 6.45) is 5.11.